The number of carboxylic acid groups (broad SMARTS) is 1. The standard InChI is InChI=1S/C18H22N2O3/c1-10(2)14-12-6-7-13(14)16(18(22)23)15(12)17(21)20-9-11-5-3-4-8-19-11/h3-5,8,12-13,15-16H,6-7,9H2,1-2H3,(H,20,21)(H,22,23)/t12-,13-,15+,16-/m1/s1. The molecule has 2 aliphatic rings. The quantitative estimate of drug-likeness (QED) is 0.836. The van der Waals surface area contributed by atoms with E-state index in [1.54, 1.807) is 6.20 Å². The van der Waals surface area contributed by atoms with Gasteiger partial charge in [0, 0.05) is 6.20 Å². The van der Waals surface area contributed by atoms with Crippen LogP contribution in [0.2, 0.25) is 0 Å². The predicted molar refractivity (Wildman–Crippen MR) is 85.3 cm³/mol. The van der Waals surface area contributed by atoms with Gasteiger partial charge in [0.25, 0.3) is 0 Å². The first-order valence-corrected chi connectivity index (χ1v) is 8.08. The molecule has 2 aliphatic carbocycles. The molecule has 0 aliphatic heterocycles. The molecule has 2 saturated carbocycles. The maximum atomic E-state index is 12.7. The third-order valence-electron chi connectivity index (χ3n) is 5.18. The molecule has 5 nitrogen and oxygen atoms in total. The normalized spacial score (nSPS) is 28.7. The van der Waals surface area contributed by atoms with Crippen LogP contribution >= 0.6 is 0 Å². The van der Waals surface area contributed by atoms with Gasteiger partial charge in [-0.3, -0.25) is 14.6 Å². The summed E-state index contributed by atoms with van der Waals surface area (Å²) in [4.78, 5) is 28.6. The van der Waals surface area contributed by atoms with Crippen molar-refractivity contribution in [1.82, 2.24) is 10.3 Å². The highest BCUT2D eigenvalue weighted by molar-refractivity contribution is 5.87. The Labute approximate surface area is 135 Å². The minimum Gasteiger partial charge on any atom is -0.481 e. The summed E-state index contributed by atoms with van der Waals surface area (Å²) in [6, 6.07) is 5.54. The van der Waals surface area contributed by atoms with Crippen LogP contribution in [-0.2, 0) is 16.1 Å². The van der Waals surface area contributed by atoms with Crippen molar-refractivity contribution in [2.75, 3.05) is 0 Å². The van der Waals surface area contributed by atoms with Crippen molar-refractivity contribution in [2.45, 2.75) is 33.2 Å². The molecule has 2 N–H and O–H groups in total. The summed E-state index contributed by atoms with van der Waals surface area (Å²) >= 11 is 0. The van der Waals surface area contributed by atoms with E-state index in [-0.39, 0.29) is 17.7 Å². The molecule has 1 aromatic rings. The molecule has 5 heteroatoms. The zero-order valence-electron chi connectivity index (χ0n) is 13.5. The maximum absolute atomic E-state index is 12.7. The number of aromatic nitrogens is 1. The van der Waals surface area contributed by atoms with Gasteiger partial charge in [0.05, 0.1) is 24.1 Å². The topological polar surface area (TPSA) is 79.3 Å². The van der Waals surface area contributed by atoms with Crippen molar-refractivity contribution >= 4 is 11.9 Å². The Morgan fingerprint density at radius 2 is 1.91 bits per heavy atom. The number of nitrogens with one attached hydrogen (secondary N) is 1. The third-order valence-corrected chi connectivity index (χ3v) is 5.18. The lowest BCUT2D eigenvalue weighted by atomic mass is 9.78. The first-order chi connectivity index (χ1) is 11.0. The number of carboxylic acids is 1. The molecular weight excluding hydrogens is 292 g/mol. The summed E-state index contributed by atoms with van der Waals surface area (Å²) in [7, 11) is 0. The molecule has 2 fully saturated rings. The van der Waals surface area contributed by atoms with Crippen molar-refractivity contribution in [3.05, 3.63) is 41.2 Å². The predicted octanol–water partition coefficient (Wildman–Crippen LogP) is 2.39. The van der Waals surface area contributed by atoms with Crippen molar-refractivity contribution in [3.8, 4) is 0 Å². The average molecular weight is 314 g/mol. The van der Waals surface area contributed by atoms with Gasteiger partial charge in [-0.05, 0) is 50.7 Å². The van der Waals surface area contributed by atoms with Crippen LogP contribution in [0.3, 0.4) is 0 Å². The number of hydrogen-bond acceptors (Lipinski definition) is 3. The molecule has 1 amide bonds. The van der Waals surface area contributed by atoms with E-state index >= 15 is 0 Å². The molecule has 0 unspecified atom stereocenters. The Bertz CT molecular complexity index is 649. The van der Waals surface area contributed by atoms with Gasteiger partial charge in [-0.1, -0.05) is 17.2 Å². The number of fused-ring (bicyclic) bond motifs is 2. The van der Waals surface area contributed by atoms with Crippen molar-refractivity contribution in [3.63, 3.8) is 0 Å². The van der Waals surface area contributed by atoms with Gasteiger partial charge in [-0.25, -0.2) is 0 Å². The molecule has 0 saturated heterocycles. The number of rotatable bonds is 4. The van der Waals surface area contributed by atoms with Crippen LogP contribution in [-0.4, -0.2) is 22.0 Å². The molecular formula is C18H22N2O3. The van der Waals surface area contributed by atoms with Crippen molar-refractivity contribution in [1.29, 1.82) is 0 Å². The summed E-state index contributed by atoms with van der Waals surface area (Å²) in [5, 5.41) is 12.5. The second-order valence-electron chi connectivity index (χ2n) is 6.67. The summed E-state index contributed by atoms with van der Waals surface area (Å²) in [5.74, 6) is -1.96. The summed E-state index contributed by atoms with van der Waals surface area (Å²) in [6.07, 6.45) is 3.48. The van der Waals surface area contributed by atoms with E-state index < -0.39 is 17.8 Å². The van der Waals surface area contributed by atoms with E-state index in [4.69, 9.17) is 0 Å². The lowest BCUT2D eigenvalue weighted by Crippen LogP contribution is -2.41. The van der Waals surface area contributed by atoms with Crippen LogP contribution in [0.1, 0.15) is 32.4 Å². The minimum absolute atomic E-state index is 0.0214. The van der Waals surface area contributed by atoms with Crippen LogP contribution < -0.4 is 5.32 Å². The van der Waals surface area contributed by atoms with E-state index in [9.17, 15) is 14.7 Å². The van der Waals surface area contributed by atoms with Crippen LogP contribution in [0.4, 0.5) is 0 Å². The van der Waals surface area contributed by atoms with Gasteiger partial charge >= 0.3 is 5.97 Å². The highest BCUT2D eigenvalue weighted by atomic mass is 16.4. The van der Waals surface area contributed by atoms with Gasteiger partial charge in [0.15, 0.2) is 0 Å². The molecule has 122 valence electrons. The molecule has 1 aromatic heterocycles. The van der Waals surface area contributed by atoms with E-state index in [0.29, 0.717) is 6.54 Å². The second kappa shape index (κ2) is 6.14. The lowest BCUT2D eigenvalue weighted by Gasteiger charge is -2.26. The Kier molecular flexibility index (Phi) is 4.20. The largest absolute Gasteiger partial charge is 0.481 e. The number of aliphatic carboxylic acids is 1. The first kappa shape index (κ1) is 15.7. The van der Waals surface area contributed by atoms with Gasteiger partial charge in [-0.15, -0.1) is 0 Å². The summed E-state index contributed by atoms with van der Waals surface area (Å²) in [5.41, 5.74) is 3.15. The number of amides is 1. The van der Waals surface area contributed by atoms with E-state index in [0.717, 1.165) is 18.5 Å². The summed E-state index contributed by atoms with van der Waals surface area (Å²) < 4.78 is 0. The van der Waals surface area contributed by atoms with Crippen LogP contribution in [0.25, 0.3) is 0 Å². The Balaban J connectivity index is 1.79. The van der Waals surface area contributed by atoms with Crippen molar-refractivity contribution < 1.29 is 14.7 Å². The number of allylic oxidation sites excluding steroid dienone is 2. The van der Waals surface area contributed by atoms with Gasteiger partial charge in [0.1, 0.15) is 0 Å². The zero-order chi connectivity index (χ0) is 16.6. The van der Waals surface area contributed by atoms with E-state index in [1.165, 1.54) is 11.1 Å². The highest BCUT2D eigenvalue weighted by Gasteiger charge is 2.57. The molecule has 0 radical (unpaired) electrons. The maximum Gasteiger partial charge on any atom is 0.307 e. The number of carbonyl (C=O) groups is 2. The molecule has 23 heavy (non-hydrogen) atoms. The number of nitrogens with zero attached hydrogens (tertiary/aromatic N) is 1. The Morgan fingerprint density at radius 1 is 1.22 bits per heavy atom. The fourth-order valence-corrected chi connectivity index (χ4v) is 4.40. The smallest absolute Gasteiger partial charge is 0.307 e. The summed E-state index contributed by atoms with van der Waals surface area (Å²) in [6.45, 7) is 4.38. The minimum atomic E-state index is -0.853. The fraction of sp³-hybridized carbons (Fsp3) is 0.500. The Hall–Kier alpha value is -2.17. The number of pyridine rings is 1. The second-order valence-corrected chi connectivity index (χ2v) is 6.67. The van der Waals surface area contributed by atoms with Crippen LogP contribution in [0.15, 0.2) is 35.5 Å². The monoisotopic (exact) mass is 314 g/mol. The number of carbonyl (C=O) groups excluding carboxylic acids is 1. The number of hydrogen-bond donors (Lipinski definition) is 2. The van der Waals surface area contributed by atoms with E-state index in [2.05, 4.69) is 10.3 Å². The molecule has 2 bridgehead atoms. The first-order valence-electron chi connectivity index (χ1n) is 8.08. The third kappa shape index (κ3) is 2.76. The molecule has 1 heterocycles. The molecule has 0 aromatic carbocycles. The van der Waals surface area contributed by atoms with Gasteiger partial charge in [0.2, 0.25) is 5.91 Å². The zero-order valence-corrected chi connectivity index (χ0v) is 13.5. The lowest BCUT2D eigenvalue weighted by molar-refractivity contribution is -0.149. The SMILES string of the molecule is CC(C)=C1[C@H]2CC[C@H]1[C@@H](C(=O)O)[C@H]2C(=O)NCc1ccccn1. The Morgan fingerprint density at radius 3 is 2.48 bits per heavy atom. The molecule has 3 rings (SSSR count). The van der Waals surface area contributed by atoms with Crippen molar-refractivity contribution in [2.24, 2.45) is 23.7 Å². The molecule has 4 atom stereocenters. The van der Waals surface area contributed by atoms with E-state index in [1.807, 2.05) is 32.0 Å². The average Bonchev–Trinajstić information content (AvgIpc) is 3.09. The highest BCUT2D eigenvalue weighted by Crippen LogP contribution is 2.57. The van der Waals surface area contributed by atoms with Crippen LogP contribution in [0, 0.1) is 23.7 Å². The van der Waals surface area contributed by atoms with Gasteiger partial charge < -0.3 is 10.4 Å². The van der Waals surface area contributed by atoms with Gasteiger partial charge in [-0.2, -0.15) is 0 Å². The molecule has 0 spiro atoms. The van der Waals surface area contributed by atoms with Crippen LogP contribution in [0.5, 0.6) is 0 Å². The fourth-order valence-electron chi connectivity index (χ4n) is 4.40.